The van der Waals surface area contributed by atoms with E-state index >= 15 is 0 Å². The summed E-state index contributed by atoms with van der Waals surface area (Å²) < 4.78 is 5.06. The van der Waals surface area contributed by atoms with Crippen molar-refractivity contribution in [1.82, 2.24) is 5.43 Å². The third kappa shape index (κ3) is 3.44. The zero-order valence-electron chi connectivity index (χ0n) is 7.92. The number of rotatable bonds is 5. The second kappa shape index (κ2) is 5.56. The molecule has 0 unspecified atom stereocenters. The lowest BCUT2D eigenvalue weighted by molar-refractivity contribution is 0.414. The maximum Gasteiger partial charge on any atom is 0.118 e. The van der Waals surface area contributed by atoms with Gasteiger partial charge in [-0.2, -0.15) is 0 Å². The molecule has 0 saturated carbocycles. The average molecular weight is 180 g/mol. The van der Waals surface area contributed by atoms with Crippen LogP contribution in [0.2, 0.25) is 0 Å². The van der Waals surface area contributed by atoms with Crippen molar-refractivity contribution in [2.45, 2.75) is 12.8 Å². The maximum absolute atomic E-state index is 5.17. The topological polar surface area (TPSA) is 47.3 Å². The van der Waals surface area contributed by atoms with Crippen molar-refractivity contribution in [3.63, 3.8) is 0 Å². The number of aryl methyl sites for hydroxylation is 1. The Morgan fingerprint density at radius 3 is 2.54 bits per heavy atom. The molecule has 0 aromatic heterocycles. The number of nitrogens with one attached hydrogen (secondary N) is 1. The fourth-order valence-electron chi connectivity index (χ4n) is 1.19. The first-order chi connectivity index (χ1) is 6.36. The lowest BCUT2D eigenvalue weighted by Gasteiger charge is -2.02. The molecule has 1 aromatic rings. The first-order valence-corrected chi connectivity index (χ1v) is 4.43. The fraction of sp³-hybridized carbons (Fsp3) is 0.400. The number of methoxy groups -OCH3 is 1. The normalized spacial score (nSPS) is 10.0. The van der Waals surface area contributed by atoms with E-state index in [9.17, 15) is 0 Å². The van der Waals surface area contributed by atoms with Gasteiger partial charge < -0.3 is 4.74 Å². The number of benzene rings is 1. The lowest BCUT2D eigenvalue weighted by atomic mass is 10.1. The molecule has 0 atom stereocenters. The summed E-state index contributed by atoms with van der Waals surface area (Å²) in [5, 5.41) is 0. The summed E-state index contributed by atoms with van der Waals surface area (Å²) in [7, 11) is 1.67. The molecule has 0 amide bonds. The Kier molecular flexibility index (Phi) is 4.29. The maximum atomic E-state index is 5.17. The second-order valence-corrected chi connectivity index (χ2v) is 2.91. The van der Waals surface area contributed by atoms with Gasteiger partial charge >= 0.3 is 0 Å². The predicted molar refractivity (Wildman–Crippen MR) is 53.5 cm³/mol. The van der Waals surface area contributed by atoms with Crippen molar-refractivity contribution in [2.24, 2.45) is 5.84 Å². The highest BCUT2D eigenvalue weighted by Gasteiger charge is 1.93. The van der Waals surface area contributed by atoms with Gasteiger partial charge in [-0.3, -0.25) is 11.3 Å². The molecule has 0 saturated heterocycles. The van der Waals surface area contributed by atoms with Gasteiger partial charge in [0.25, 0.3) is 0 Å². The Labute approximate surface area is 78.9 Å². The van der Waals surface area contributed by atoms with Gasteiger partial charge in [0.2, 0.25) is 0 Å². The van der Waals surface area contributed by atoms with Crippen LogP contribution in [0.1, 0.15) is 12.0 Å². The molecule has 0 aliphatic carbocycles. The van der Waals surface area contributed by atoms with Crippen molar-refractivity contribution in [3.8, 4) is 5.75 Å². The highest BCUT2D eigenvalue weighted by molar-refractivity contribution is 5.27. The van der Waals surface area contributed by atoms with E-state index in [0.717, 1.165) is 25.1 Å². The molecular weight excluding hydrogens is 164 g/mol. The summed E-state index contributed by atoms with van der Waals surface area (Å²) in [5.41, 5.74) is 3.95. The van der Waals surface area contributed by atoms with E-state index in [4.69, 9.17) is 10.6 Å². The van der Waals surface area contributed by atoms with Gasteiger partial charge in [-0.25, -0.2) is 0 Å². The molecule has 0 bridgehead atoms. The zero-order valence-corrected chi connectivity index (χ0v) is 7.92. The zero-order chi connectivity index (χ0) is 9.52. The quantitative estimate of drug-likeness (QED) is 0.405. The minimum Gasteiger partial charge on any atom is -0.497 e. The highest BCUT2D eigenvalue weighted by Crippen LogP contribution is 2.12. The monoisotopic (exact) mass is 180 g/mol. The minimum atomic E-state index is 0.853. The summed E-state index contributed by atoms with van der Waals surface area (Å²) in [6.07, 6.45) is 2.11. The first kappa shape index (κ1) is 10.0. The standard InChI is InChI=1S/C10H16N2O/c1-13-10-6-4-9(5-7-10)3-2-8-12-11/h4-7,12H,2-3,8,11H2,1H3. The van der Waals surface area contributed by atoms with E-state index in [-0.39, 0.29) is 0 Å². The molecule has 3 N–H and O–H groups in total. The van der Waals surface area contributed by atoms with Gasteiger partial charge in [-0.15, -0.1) is 0 Å². The number of hydrogen-bond acceptors (Lipinski definition) is 3. The van der Waals surface area contributed by atoms with E-state index in [1.165, 1.54) is 5.56 Å². The molecule has 0 spiro atoms. The van der Waals surface area contributed by atoms with Gasteiger partial charge in [-0.05, 0) is 30.5 Å². The van der Waals surface area contributed by atoms with Crippen LogP contribution in [0.3, 0.4) is 0 Å². The van der Waals surface area contributed by atoms with E-state index < -0.39 is 0 Å². The van der Waals surface area contributed by atoms with Crippen molar-refractivity contribution in [1.29, 1.82) is 0 Å². The molecule has 1 rings (SSSR count). The SMILES string of the molecule is COc1ccc(CCCNN)cc1. The van der Waals surface area contributed by atoms with Crippen molar-refractivity contribution in [2.75, 3.05) is 13.7 Å². The Balaban J connectivity index is 2.40. The van der Waals surface area contributed by atoms with Crippen LogP contribution in [0.15, 0.2) is 24.3 Å². The van der Waals surface area contributed by atoms with Gasteiger partial charge in [0.15, 0.2) is 0 Å². The molecule has 3 heteroatoms. The van der Waals surface area contributed by atoms with E-state index in [1.807, 2.05) is 12.1 Å². The number of hydrazine groups is 1. The van der Waals surface area contributed by atoms with Crippen LogP contribution in [0.25, 0.3) is 0 Å². The third-order valence-electron chi connectivity index (χ3n) is 1.95. The highest BCUT2D eigenvalue weighted by atomic mass is 16.5. The van der Waals surface area contributed by atoms with Crippen molar-refractivity contribution in [3.05, 3.63) is 29.8 Å². The second-order valence-electron chi connectivity index (χ2n) is 2.91. The largest absolute Gasteiger partial charge is 0.497 e. The van der Waals surface area contributed by atoms with Gasteiger partial charge in [-0.1, -0.05) is 12.1 Å². The molecule has 3 nitrogen and oxygen atoms in total. The van der Waals surface area contributed by atoms with Gasteiger partial charge in [0.05, 0.1) is 7.11 Å². The Hall–Kier alpha value is -1.06. The van der Waals surface area contributed by atoms with Gasteiger partial charge in [0.1, 0.15) is 5.75 Å². The van der Waals surface area contributed by atoms with Crippen LogP contribution < -0.4 is 16.0 Å². The molecular formula is C10H16N2O. The molecule has 1 aromatic carbocycles. The van der Waals surface area contributed by atoms with E-state index in [0.29, 0.717) is 0 Å². The first-order valence-electron chi connectivity index (χ1n) is 4.43. The van der Waals surface area contributed by atoms with Crippen LogP contribution >= 0.6 is 0 Å². The number of ether oxygens (including phenoxy) is 1. The van der Waals surface area contributed by atoms with Crippen LogP contribution in [0, 0.1) is 0 Å². The molecule has 0 aliphatic heterocycles. The van der Waals surface area contributed by atoms with E-state index in [2.05, 4.69) is 17.6 Å². The van der Waals surface area contributed by atoms with Crippen molar-refractivity contribution < 1.29 is 4.74 Å². The fourth-order valence-corrected chi connectivity index (χ4v) is 1.19. The Morgan fingerprint density at radius 2 is 2.00 bits per heavy atom. The van der Waals surface area contributed by atoms with E-state index in [1.54, 1.807) is 7.11 Å². The average Bonchev–Trinajstić information content (AvgIpc) is 2.19. The predicted octanol–water partition coefficient (Wildman–Crippen LogP) is 1.09. The van der Waals surface area contributed by atoms with Crippen LogP contribution in [-0.2, 0) is 6.42 Å². The van der Waals surface area contributed by atoms with Gasteiger partial charge in [0, 0.05) is 6.54 Å². The lowest BCUT2D eigenvalue weighted by Crippen LogP contribution is -2.23. The summed E-state index contributed by atoms with van der Waals surface area (Å²) >= 11 is 0. The number of hydrogen-bond donors (Lipinski definition) is 2. The Bertz CT molecular complexity index is 233. The summed E-state index contributed by atoms with van der Waals surface area (Å²) in [6, 6.07) is 8.11. The molecule has 0 aliphatic rings. The van der Waals surface area contributed by atoms with Crippen LogP contribution in [0.5, 0.6) is 5.75 Å². The molecule has 0 heterocycles. The summed E-state index contributed by atoms with van der Waals surface area (Å²) in [6.45, 7) is 0.853. The molecule has 0 fully saturated rings. The smallest absolute Gasteiger partial charge is 0.118 e. The van der Waals surface area contributed by atoms with Crippen LogP contribution in [-0.4, -0.2) is 13.7 Å². The summed E-state index contributed by atoms with van der Waals surface area (Å²) in [5.74, 6) is 6.07. The molecule has 13 heavy (non-hydrogen) atoms. The summed E-state index contributed by atoms with van der Waals surface area (Å²) in [4.78, 5) is 0. The number of nitrogens with two attached hydrogens (primary N) is 1. The Morgan fingerprint density at radius 1 is 1.31 bits per heavy atom. The minimum absolute atomic E-state index is 0.853. The molecule has 72 valence electrons. The third-order valence-corrected chi connectivity index (χ3v) is 1.95. The molecule has 0 radical (unpaired) electrons. The van der Waals surface area contributed by atoms with Crippen LogP contribution in [0.4, 0.5) is 0 Å². The van der Waals surface area contributed by atoms with Crippen molar-refractivity contribution >= 4 is 0 Å².